The number of carbonyl (C=O) groups excluding carboxylic acids is 2. The van der Waals surface area contributed by atoms with E-state index in [0.29, 0.717) is 13.0 Å². The van der Waals surface area contributed by atoms with Crippen molar-refractivity contribution in [1.82, 2.24) is 4.90 Å². The fourth-order valence-electron chi connectivity index (χ4n) is 8.69. The van der Waals surface area contributed by atoms with E-state index in [4.69, 9.17) is 30.4 Å². The Kier molecular flexibility index (Phi) is 23.8. The lowest BCUT2D eigenvalue weighted by atomic mass is 9.81. The van der Waals surface area contributed by atoms with Crippen LogP contribution in [0.5, 0.6) is 0 Å². The van der Waals surface area contributed by atoms with Crippen molar-refractivity contribution in [1.29, 1.82) is 0 Å². The predicted molar refractivity (Wildman–Crippen MR) is 249 cm³/mol. The van der Waals surface area contributed by atoms with Crippen LogP contribution in [0.25, 0.3) is 0 Å². The number of aliphatic hydroxyl groups excluding tert-OH is 9. The minimum atomic E-state index is -2.26. The maximum absolute atomic E-state index is 14.1. The van der Waals surface area contributed by atoms with Crippen LogP contribution in [0.2, 0.25) is 0 Å². The summed E-state index contributed by atoms with van der Waals surface area (Å²) in [5, 5.41) is 109. The summed E-state index contributed by atoms with van der Waals surface area (Å²) in [5.41, 5.74) is 12.1. The predicted octanol–water partition coefficient (Wildman–Crippen LogP) is -0.448. The molecule has 3 saturated heterocycles. The van der Waals surface area contributed by atoms with Gasteiger partial charge in [0.25, 0.3) is 0 Å². The number of allylic oxidation sites excluding steroid dienone is 12. The number of cyclic esters (lactones) is 1. The van der Waals surface area contributed by atoms with Gasteiger partial charge in [-0.15, -0.1) is 0 Å². The minimum Gasteiger partial charge on any atom is -0.462 e. The summed E-state index contributed by atoms with van der Waals surface area (Å²) in [6.45, 7) is 3.78. The molecule has 10 unspecified atom stereocenters. The SMILES string of the molecule is C[C@H]1CC(O)[C@@H](C)/C=C/C=C/C=C/C=C/C=C/C=C/C=C/C(O[C@@H]2OCC(O)[C@H](N)[C@@H]2O)C[C@@H]2OC(O)(CC(O)CC(O)C(O)CCC(O)CC(O)CC(=O)O1)C[C@H](O)C2C(=O)N1CC[C@H](N)C1. The second-order valence-electron chi connectivity index (χ2n) is 18.7. The molecule has 0 aromatic carbocycles. The summed E-state index contributed by atoms with van der Waals surface area (Å²) in [4.78, 5) is 28.1. The summed E-state index contributed by atoms with van der Waals surface area (Å²) in [7, 11) is 0. The molecule has 0 spiro atoms. The number of ether oxygens (including phenoxy) is 4. The zero-order chi connectivity index (χ0) is 50.0. The van der Waals surface area contributed by atoms with Crippen LogP contribution in [-0.2, 0) is 28.5 Å². The van der Waals surface area contributed by atoms with Crippen LogP contribution < -0.4 is 11.5 Å². The third-order valence-corrected chi connectivity index (χ3v) is 12.6. The number of nitrogens with zero attached hydrogens (tertiary/aromatic N) is 1. The number of hydrogen-bond donors (Lipinski definition) is 12. The normalized spacial score (nSPS) is 44.1. The smallest absolute Gasteiger partial charge is 0.308 e. The van der Waals surface area contributed by atoms with E-state index in [1.54, 1.807) is 55.5 Å². The number of carbonyl (C=O) groups is 2. The molecule has 4 heterocycles. The standard InChI is InChI=1S/C49H77N3O16/c1-30-15-13-11-9-7-5-3-4-6-8-10-12-14-16-36(67-48-46(62)45(51)41(60)29-65-48)25-42-44(47(63)52-20-19-32(50)28-52)40(59)27-49(64,68-42)26-35(55)23-39(58)37(56)18-17-33(53)22-34(54)24-43(61)66-31(2)21-38(30)57/h3-16,30-42,44-46,48,53-60,62,64H,17-29,50-51H2,1-2H3/b4-3+,7-5+,8-6+,11-9+,12-10+,15-13+,16-14+/t30-,31-,32-,33?,34?,35?,36?,37?,38?,39?,40-,41?,42-,44?,45-,46-,48-,49?/m0/s1. The lowest BCUT2D eigenvalue weighted by molar-refractivity contribution is -0.305. The van der Waals surface area contributed by atoms with Gasteiger partial charge < -0.3 is 86.4 Å². The minimum absolute atomic E-state index is 0.0885. The number of amides is 1. The molecular weight excluding hydrogens is 887 g/mol. The summed E-state index contributed by atoms with van der Waals surface area (Å²) < 4.78 is 23.4. The summed E-state index contributed by atoms with van der Waals surface area (Å²) in [5.74, 6) is -4.94. The number of hydrogen-bond acceptors (Lipinski definition) is 18. The highest BCUT2D eigenvalue weighted by Gasteiger charge is 2.52. The summed E-state index contributed by atoms with van der Waals surface area (Å²) >= 11 is 0. The van der Waals surface area contributed by atoms with Gasteiger partial charge in [0.1, 0.15) is 12.2 Å². The molecule has 4 aliphatic rings. The van der Waals surface area contributed by atoms with Crippen molar-refractivity contribution in [3.63, 3.8) is 0 Å². The first-order chi connectivity index (χ1) is 32.2. The van der Waals surface area contributed by atoms with E-state index in [9.17, 15) is 60.7 Å². The number of likely N-dealkylation sites (tertiary alicyclic amines) is 1. The molecule has 0 saturated carbocycles. The van der Waals surface area contributed by atoms with Gasteiger partial charge in [-0.3, -0.25) is 9.59 Å². The Labute approximate surface area is 399 Å². The maximum Gasteiger partial charge on any atom is 0.308 e. The number of aliphatic hydroxyl groups is 10. The molecule has 4 rings (SSSR count). The van der Waals surface area contributed by atoms with E-state index in [1.165, 1.54) is 4.90 Å². The van der Waals surface area contributed by atoms with Crippen molar-refractivity contribution in [2.45, 2.75) is 175 Å². The van der Waals surface area contributed by atoms with Gasteiger partial charge in [-0.25, -0.2) is 0 Å². The zero-order valence-corrected chi connectivity index (χ0v) is 39.1. The fourth-order valence-corrected chi connectivity index (χ4v) is 8.69. The van der Waals surface area contributed by atoms with Crippen LogP contribution in [0.3, 0.4) is 0 Å². The van der Waals surface area contributed by atoms with Crippen LogP contribution in [-0.4, -0.2) is 185 Å². The van der Waals surface area contributed by atoms with E-state index in [2.05, 4.69) is 0 Å². The molecular formula is C49H77N3O16. The monoisotopic (exact) mass is 964 g/mol. The van der Waals surface area contributed by atoms with Crippen LogP contribution in [0.1, 0.15) is 78.1 Å². The van der Waals surface area contributed by atoms with Crippen LogP contribution in [0, 0.1) is 11.8 Å². The van der Waals surface area contributed by atoms with Crippen molar-refractivity contribution in [3.05, 3.63) is 85.1 Å². The Morgan fingerprint density at radius 3 is 1.93 bits per heavy atom. The highest BCUT2D eigenvalue weighted by molar-refractivity contribution is 5.80. The van der Waals surface area contributed by atoms with Crippen LogP contribution in [0.4, 0.5) is 0 Å². The Morgan fingerprint density at radius 1 is 0.691 bits per heavy atom. The van der Waals surface area contributed by atoms with Crippen molar-refractivity contribution in [2.24, 2.45) is 23.3 Å². The van der Waals surface area contributed by atoms with Gasteiger partial charge >= 0.3 is 5.97 Å². The average molecular weight is 964 g/mol. The number of rotatable bonds is 3. The topological polar surface area (TPSA) is 329 Å². The summed E-state index contributed by atoms with van der Waals surface area (Å²) in [6, 6.07) is -1.38. The van der Waals surface area contributed by atoms with Gasteiger partial charge in [-0.1, -0.05) is 92.0 Å². The lowest BCUT2D eigenvalue weighted by Gasteiger charge is -2.46. The van der Waals surface area contributed by atoms with Gasteiger partial charge in [0, 0.05) is 57.2 Å². The molecule has 0 aliphatic carbocycles. The van der Waals surface area contributed by atoms with Gasteiger partial charge in [-0.2, -0.15) is 0 Å². The third-order valence-electron chi connectivity index (χ3n) is 12.6. The van der Waals surface area contributed by atoms with E-state index in [1.807, 2.05) is 43.4 Å². The Balaban J connectivity index is 1.58. The average Bonchev–Trinajstić information content (AvgIpc) is 3.70. The van der Waals surface area contributed by atoms with E-state index >= 15 is 0 Å². The molecule has 1 amide bonds. The van der Waals surface area contributed by atoms with E-state index in [-0.39, 0.29) is 57.2 Å². The van der Waals surface area contributed by atoms with Gasteiger partial charge in [0.05, 0.1) is 86.0 Å². The van der Waals surface area contributed by atoms with Crippen LogP contribution >= 0.6 is 0 Å². The second kappa shape index (κ2) is 28.4. The lowest BCUT2D eigenvalue weighted by Crippen LogP contribution is -2.59. The van der Waals surface area contributed by atoms with Crippen molar-refractivity contribution in [3.8, 4) is 0 Å². The van der Waals surface area contributed by atoms with Gasteiger partial charge in [0.15, 0.2) is 12.1 Å². The summed E-state index contributed by atoms with van der Waals surface area (Å²) in [6.07, 6.45) is 6.63. The molecule has 3 fully saturated rings. The molecule has 384 valence electrons. The molecule has 68 heavy (non-hydrogen) atoms. The quantitative estimate of drug-likeness (QED) is 0.159. The van der Waals surface area contributed by atoms with Gasteiger partial charge in [0.2, 0.25) is 5.91 Å². The molecule has 2 bridgehead atoms. The van der Waals surface area contributed by atoms with Gasteiger partial charge in [-0.05, 0) is 32.6 Å². The second-order valence-corrected chi connectivity index (χ2v) is 18.7. The maximum atomic E-state index is 14.1. The van der Waals surface area contributed by atoms with Crippen molar-refractivity contribution < 1.29 is 79.6 Å². The third kappa shape index (κ3) is 19.0. The Bertz CT molecular complexity index is 1760. The van der Waals surface area contributed by atoms with E-state index < -0.39 is 135 Å². The largest absolute Gasteiger partial charge is 0.462 e. The number of nitrogens with two attached hydrogens (primary N) is 2. The first-order valence-electron chi connectivity index (χ1n) is 23.7. The number of esters is 1. The highest BCUT2D eigenvalue weighted by atomic mass is 16.7. The Morgan fingerprint density at radius 2 is 1.31 bits per heavy atom. The van der Waals surface area contributed by atoms with E-state index in [0.717, 1.165) is 0 Å². The van der Waals surface area contributed by atoms with Crippen molar-refractivity contribution >= 4 is 11.9 Å². The first kappa shape index (κ1) is 57.1. The first-order valence-corrected chi connectivity index (χ1v) is 23.7. The zero-order valence-electron chi connectivity index (χ0n) is 39.1. The molecule has 0 aromatic heterocycles. The molecule has 19 heteroatoms. The van der Waals surface area contributed by atoms with Crippen LogP contribution in [0.15, 0.2) is 85.1 Å². The Hall–Kier alpha value is -3.48. The fraction of sp³-hybridized carbons (Fsp3) is 0.673. The molecule has 14 N–H and O–H groups in total. The molecule has 18 atom stereocenters. The van der Waals surface area contributed by atoms with Crippen molar-refractivity contribution in [2.75, 3.05) is 19.7 Å². The molecule has 0 aromatic rings. The molecule has 19 nitrogen and oxygen atoms in total. The number of fused-ring (bicyclic) bond motifs is 2. The molecule has 0 radical (unpaired) electrons. The molecule has 4 aliphatic heterocycles. The highest BCUT2D eigenvalue weighted by Crippen LogP contribution is 2.39.